The maximum Gasteiger partial charge on any atom is 0.341 e. The fourth-order valence-corrected chi connectivity index (χ4v) is 3.64. The number of carbonyl (C=O) groups excluding carboxylic acids is 3. The molecule has 12 heteroatoms. The van der Waals surface area contributed by atoms with Crippen molar-refractivity contribution < 1.29 is 33.5 Å². The maximum atomic E-state index is 12.6. The molecule has 2 amide bonds. The molecule has 0 bridgehead atoms. The van der Waals surface area contributed by atoms with Gasteiger partial charge < -0.3 is 19.1 Å². The van der Waals surface area contributed by atoms with E-state index in [1.807, 2.05) is 4.90 Å². The third-order valence-electron chi connectivity index (χ3n) is 5.32. The molecule has 0 aliphatic carbocycles. The van der Waals surface area contributed by atoms with Gasteiger partial charge in [-0.2, -0.15) is 0 Å². The Morgan fingerprint density at radius 3 is 2.56 bits per heavy atom. The van der Waals surface area contributed by atoms with E-state index in [0.717, 1.165) is 18.9 Å². The van der Waals surface area contributed by atoms with Crippen LogP contribution in [0.15, 0.2) is 42.5 Å². The number of esters is 1. The maximum absolute atomic E-state index is 12.6. The molecule has 4 rings (SSSR count). The van der Waals surface area contributed by atoms with E-state index >= 15 is 0 Å². The Kier molecular flexibility index (Phi) is 6.76. The number of carbonyl (C=O) groups is 3. The molecule has 0 saturated carbocycles. The van der Waals surface area contributed by atoms with E-state index in [2.05, 4.69) is 10.9 Å². The van der Waals surface area contributed by atoms with Crippen LogP contribution in [0.25, 0.3) is 0 Å². The second-order valence-electron chi connectivity index (χ2n) is 7.63. The van der Waals surface area contributed by atoms with E-state index in [1.165, 1.54) is 12.1 Å². The second-order valence-corrected chi connectivity index (χ2v) is 7.63. The van der Waals surface area contributed by atoms with Crippen molar-refractivity contribution in [2.75, 3.05) is 31.2 Å². The van der Waals surface area contributed by atoms with Crippen LogP contribution in [-0.4, -0.2) is 55.1 Å². The summed E-state index contributed by atoms with van der Waals surface area (Å²) < 4.78 is 16.0. The summed E-state index contributed by atoms with van der Waals surface area (Å²) in [5.74, 6) is -1.42. The highest BCUT2D eigenvalue weighted by atomic mass is 16.6. The number of anilines is 1. The molecular weight excluding hydrogens is 448 g/mol. The van der Waals surface area contributed by atoms with E-state index in [4.69, 9.17) is 14.2 Å². The largest absolute Gasteiger partial charge is 0.485 e. The van der Waals surface area contributed by atoms with Gasteiger partial charge in [0.05, 0.1) is 16.2 Å². The van der Waals surface area contributed by atoms with Crippen LogP contribution < -0.4 is 25.2 Å². The molecule has 2 aromatic carbocycles. The van der Waals surface area contributed by atoms with Gasteiger partial charge in [0.25, 0.3) is 17.5 Å². The van der Waals surface area contributed by atoms with Crippen LogP contribution in [0.2, 0.25) is 0 Å². The van der Waals surface area contributed by atoms with Crippen molar-refractivity contribution >= 4 is 29.2 Å². The van der Waals surface area contributed by atoms with Gasteiger partial charge in [-0.05, 0) is 31.0 Å². The first-order valence-corrected chi connectivity index (χ1v) is 10.6. The Morgan fingerprint density at radius 2 is 1.82 bits per heavy atom. The zero-order chi connectivity index (χ0) is 24.1. The number of nitrogens with zero attached hydrogens (tertiary/aromatic N) is 2. The first-order valence-electron chi connectivity index (χ1n) is 10.6. The molecule has 0 aromatic heterocycles. The molecule has 0 spiro atoms. The van der Waals surface area contributed by atoms with Crippen molar-refractivity contribution in [3.8, 4) is 11.5 Å². The Balaban J connectivity index is 1.31. The normalized spacial score (nSPS) is 16.5. The highest BCUT2D eigenvalue weighted by molar-refractivity contribution is 5.98. The summed E-state index contributed by atoms with van der Waals surface area (Å²) in [6.45, 7) is 0.677. The van der Waals surface area contributed by atoms with Crippen LogP contribution in [-0.2, 0) is 14.3 Å². The quantitative estimate of drug-likeness (QED) is 0.362. The van der Waals surface area contributed by atoms with E-state index in [9.17, 15) is 24.5 Å². The number of nitro benzene ring substituents is 1. The summed E-state index contributed by atoms with van der Waals surface area (Å²) in [7, 11) is 0. The lowest BCUT2D eigenvalue weighted by Gasteiger charge is -2.25. The smallest absolute Gasteiger partial charge is 0.341 e. The van der Waals surface area contributed by atoms with Crippen molar-refractivity contribution in [1.29, 1.82) is 0 Å². The summed E-state index contributed by atoms with van der Waals surface area (Å²) in [6.07, 6.45) is 0.898. The molecule has 1 saturated heterocycles. The number of hydrogen-bond acceptors (Lipinski definition) is 9. The van der Waals surface area contributed by atoms with E-state index in [1.54, 1.807) is 24.3 Å². The van der Waals surface area contributed by atoms with E-state index in [0.29, 0.717) is 30.3 Å². The third kappa shape index (κ3) is 5.17. The molecule has 34 heavy (non-hydrogen) atoms. The van der Waals surface area contributed by atoms with Crippen molar-refractivity contribution in [1.82, 2.24) is 10.9 Å². The molecule has 2 aliphatic heterocycles. The zero-order valence-electron chi connectivity index (χ0n) is 18.0. The van der Waals surface area contributed by atoms with Gasteiger partial charge >= 0.3 is 5.97 Å². The number of nitrogens with one attached hydrogen (secondary N) is 2. The molecular formula is C22H22N4O8. The van der Waals surface area contributed by atoms with Gasteiger partial charge in [-0.15, -0.1) is 0 Å². The highest BCUT2D eigenvalue weighted by Crippen LogP contribution is 2.31. The van der Waals surface area contributed by atoms with Gasteiger partial charge in [-0.1, -0.05) is 12.1 Å². The van der Waals surface area contributed by atoms with E-state index < -0.39 is 35.4 Å². The Hall–Kier alpha value is -4.35. The number of ether oxygens (including phenoxy) is 3. The van der Waals surface area contributed by atoms with Crippen molar-refractivity contribution in [2.24, 2.45) is 0 Å². The van der Waals surface area contributed by atoms with Crippen LogP contribution in [0.1, 0.15) is 23.2 Å². The predicted octanol–water partition coefficient (Wildman–Crippen LogP) is 1.34. The average molecular weight is 470 g/mol. The molecule has 0 radical (unpaired) electrons. The van der Waals surface area contributed by atoms with Gasteiger partial charge in [0.2, 0.25) is 6.10 Å². The fraction of sp³-hybridized carbons (Fsp3) is 0.318. The van der Waals surface area contributed by atoms with Crippen LogP contribution in [0.3, 0.4) is 0 Å². The number of hydrogen-bond donors (Lipinski definition) is 2. The Labute approximate surface area is 193 Å². The van der Waals surface area contributed by atoms with Gasteiger partial charge in [0, 0.05) is 25.2 Å². The van der Waals surface area contributed by atoms with E-state index in [-0.39, 0.29) is 17.9 Å². The molecule has 2 N–H and O–H groups in total. The molecule has 2 heterocycles. The summed E-state index contributed by atoms with van der Waals surface area (Å²) in [4.78, 5) is 49.4. The van der Waals surface area contributed by atoms with Gasteiger partial charge in [0.15, 0.2) is 18.1 Å². The number of non-ortho nitro benzene ring substituents is 1. The Bertz CT molecular complexity index is 1120. The average Bonchev–Trinajstić information content (AvgIpc) is 3.40. The molecule has 1 fully saturated rings. The third-order valence-corrected chi connectivity index (χ3v) is 5.32. The predicted molar refractivity (Wildman–Crippen MR) is 117 cm³/mol. The number of nitro groups is 1. The molecule has 2 aromatic rings. The van der Waals surface area contributed by atoms with Crippen molar-refractivity contribution in [2.45, 2.75) is 18.9 Å². The lowest BCUT2D eigenvalue weighted by Crippen LogP contribution is -2.51. The number of hydrazine groups is 1. The monoisotopic (exact) mass is 470 g/mol. The summed E-state index contributed by atoms with van der Waals surface area (Å²) in [5.41, 5.74) is 4.58. The van der Waals surface area contributed by atoms with Crippen LogP contribution >= 0.6 is 0 Å². The Morgan fingerprint density at radius 1 is 1.09 bits per heavy atom. The molecule has 1 atom stereocenters. The fourth-order valence-electron chi connectivity index (χ4n) is 3.64. The summed E-state index contributed by atoms with van der Waals surface area (Å²) in [5, 5.41) is 11.1. The minimum Gasteiger partial charge on any atom is -0.485 e. The van der Waals surface area contributed by atoms with Crippen molar-refractivity contribution in [3.05, 3.63) is 58.1 Å². The number of para-hydroxylation sites is 2. The molecule has 12 nitrogen and oxygen atoms in total. The summed E-state index contributed by atoms with van der Waals surface area (Å²) in [6, 6.07) is 10.8. The van der Waals surface area contributed by atoms with Crippen LogP contribution in [0, 0.1) is 10.1 Å². The van der Waals surface area contributed by atoms with Crippen LogP contribution in [0.5, 0.6) is 11.5 Å². The minimum atomic E-state index is -0.981. The zero-order valence-corrected chi connectivity index (χ0v) is 18.0. The molecule has 2 aliphatic rings. The van der Waals surface area contributed by atoms with Crippen LogP contribution in [0.4, 0.5) is 11.4 Å². The second kappa shape index (κ2) is 10.1. The van der Waals surface area contributed by atoms with Gasteiger partial charge in [-0.25, -0.2) is 4.79 Å². The number of benzene rings is 2. The van der Waals surface area contributed by atoms with Gasteiger partial charge in [-0.3, -0.25) is 30.6 Å². The molecule has 178 valence electrons. The number of fused-ring (bicyclic) bond motifs is 1. The van der Waals surface area contributed by atoms with Gasteiger partial charge in [0.1, 0.15) is 6.61 Å². The van der Waals surface area contributed by atoms with Crippen molar-refractivity contribution in [3.63, 3.8) is 0 Å². The lowest BCUT2D eigenvalue weighted by molar-refractivity contribution is -0.384. The summed E-state index contributed by atoms with van der Waals surface area (Å²) >= 11 is 0. The number of amides is 2. The highest BCUT2D eigenvalue weighted by Gasteiger charge is 2.28. The minimum absolute atomic E-state index is 0.000597. The first-order chi connectivity index (χ1) is 16.4. The first kappa shape index (κ1) is 22.8. The number of rotatable bonds is 6. The SMILES string of the molecule is O=C(COC(=O)c1cc([N+](=O)[O-])ccc1N1CCCC1)NNC(=O)C1COc2ccccc2O1. The molecule has 1 unspecified atom stereocenters. The standard InChI is InChI=1S/C22H22N4O8/c27-20(23-24-21(28)19-12-32-17-5-1-2-6-18(17)34-19)13-33-22(29)15-11-14(26(30)31)7-8-16(15)25-9-3-4-10-25/h1-2,5-8,11,19H,3-4,9-10,12-13H2,(H,23,27)(H,24,28). The lowest BCUT2D eigenvalue weighted by atomic mass is 10.1. The topological polar surface area (TPSA) is 149 Å².